The molecule has 3 rings (SSSR count). The van der Waals surface area contributed by atoms with E-state index in [-0.39, 0.29) is 28.9 Å². The van der Waals surface area contributed by atoms with Crippen molar-refractivity contribution in [3.63, 3.8) is 0 Å². The van der Waals surface area contributed by atoms with Crippen LogP contribution in [0.1, 0.15) is 17.6 Å². The van der Waals surface area contributed by atoms with Gasteiger partial charge in [0.1, 0.15) is 5.82 Å². The predicted octanol–water partition coefficient (Wildman–Crippen LogP) is 1.96. The van der Waals surface area contributed by atoms with Crippen LogP contribution in [0.15, 0.2) is 27.6 Å². The van der Waals surface area contributed by atoms with Gasteiger partial charge >= 0.3 is 0 Å². The molecule has 21 heavy (non-hydrogen) atoms. The van der Waals surface area contributed by atoms with Crippen molar-refractivity contribution in [2.24, 2.45) is 0 Å². The molecule has 1 aromatic carbocycles. The zero-order valence-electron chi connectivity index (χ0n) is 11.0. The molecule has 0 saturated carbocycles. The van der Waals surface area contributed by atoms with Crippen molar-refractivity contribution >= 4 is 21.6 Å². The van der Waals surface area contributed by atoms with Crippen molar-refractivity contribution in [3.05, 3.63) is 40.8 Å². The van der Waals surface area contributed by atoms with Crippen molar-refractivity contribution < 1.29 is 17.3 Å². The Morgan fingerprint density at radius 2 is 2.14 bits per heavy atom. The smallest absolute Gasteiger partial charge is 0.243 e. The Morgan fingerprint density at radius 1 is 1.43 bits per heavy atom. The van der Waals surface area contributed by atoms with E-state index in [2.05, 4.69) is 10.1 Å². The summed E-state index contributed by atoms with van der Waals surface area (Å²) < 4.78 is 44.1. The van der Waals surface area contributed by atoms with E-state index in [0.717, 1.165) is 12.1 Å². The minimum absolute atomic E-state index is 0.0333. The first-order chi connectivity index (χ1) is 9.88. The molecule has 0 amide bonds. The molecule has 9 heteroatoms. The lowest BCUT2D eigenvalue weighted by molar-refractivity contribution is 0.216. The summed E-state index contributed by atoms with van der Waals surface area (Å²) in [7, 11) is -3.68. The fourth-order valence-electron chi connectivity index (χ4n) is 2.06. The van der Waals surface area contributed by atoms with Gasteiger partial charge in [0, 0.05) is 13.1 Å². The predicted molar refractivity (Wildman–Crippen MR) is 71.9 cm³/mol. The number of benzene rings is 1. The molecule has 0 aliphatic carbocycles. The van der Waals surface area contributed by atoms with E-state index in [1.807, 2.05) is 0 Å². The molecule has 0 atom stereocenters. The Bertz CT molecular complexity index is 787. The number of halogens is 2. The van der Waals surface area contributed by atoms with Gasteiger partial charge in [0.05, 0.1) is 15.8 Å². The van der Waals surface area contributed by atoms with Crippen molar-refractivity contribution in [1.82, 2.24) is 14.4 Å². The molecule has 1 aliphatic heterocycles. The third kappa shape index (κ3) is 2.54. The first kappa shape index (κ1) is 14.4. The van der Waals surface area contributed by atoms with E-state index in [1.165, 1.54) is 10.4 Å². The second-order valence-electron chi connectivity index (χ2n) is 4.77. The lowest BCUT2D eigenvalue weighted by Crippen LogP contribution is -2.48. The van der Waals surface area contributed by atoms with Gasteiger partial charge in [-0.05, 0) is 25.1 Å². The van der Waals surface area contributed by atoms with E-state index in [4.69, 9.17) is 16.1 Å². The number of hydrogen-bond donors (Lipinski definition) is 0. The van der Waals surface area contributed by atoms with E-state index in [0.29, 0.717) is 11.7 Å². The van der Waals surface area contributed by atoms with Gasteiger partial charge in [-0.1, -0.05) is 16.8 Å². The number of nitrogens with zero attached hydrogens (tertiary/aromatic N) is 3. The van der Waals surface area contributed by atoms with Gasteiger partial charge in [-0.25, -0.2) is 12.8 Å². The number of rotatable bonds is 3. The molecule has 0 unspecified atom stereocenters. The highest BCUT2D eigenvalue weighted by atomic mass is 35.5. The number of aryl methyl sites for hydroxylation is 1. The summed E-state index contributed by atoms with van der Waals surface area (Å²) in [5.41, 5.74) is 0. The maximum Gasteiger partial charge on any atom is 0.243 e. The highest BCUT2D eigenvalue weighted by Gasteiger charge is 2.40. The van der Waals surface area contributed by atoms with Crippen LogP contribution in [-0.2, 0) is 10.0 Å². The summed E-state index contributed by atoms with van der Waals surface area (Å²) in [6, 6.07) is 3.34. The van der Waals surface area contributed by atoms with Gasteiger partial charge in [0.15, 0.2) is 5.82 Å². The second kappa shape index (κ2) is 5.04. The molecule has 0 bridgehead atoms. The van der Waals surface area contributed by atoms with Gasteiger partial charge in [0.2, 0.25) is 15.9 Å². The molecule has 0 N–H and O–H groups in total. The van der Waals surface area contributed by atoms with Gasteiger partial charge in [-0.3, -0.25) is 0 Å². The standard InChI is InChI=1S/C12H11ClFN3O3S/c1-7-15-12(20-16-7)8-5-17(6-8)21(18,19)9-2-3-11(14)10(13)4-9/h2-4,8H,5-6H2,1H3. The van der Waals surface area contributed by atoms with Crippen LogP contribution in [0.4, 0.5) is 4.39 Å². The maximum atomic E-state index is 13.1. The van der Waals surface area contributed by atoms with E-state index in [1.54, 1.807) is 6.92 Å². The fraction of sp³-hybridized carbons (Fsp3) is 0.333. The largest absolute Gasteiger partial charge is 0.339 e. The Kier molecular flexibility index (Phi) is 3.46. The van der Waals surface area contributed by atoms with Crippen molar-refractivity contribution in [3.8, 4) is 0 Å². The molecule has 1 saturated heterocycles. The second-order valence-corrected chi connectivity index (χ2v) is 7.12. The van der Waals surface area contributed by atoms with Crippen LogP contribution in [0, 0.1) is 12.7 Å². The summed E-state index contributed by atoms with van der Waals surface area (Å²) in [5.74, 6) is 0.169. The van der Waals surface area contributed by atoms with Gasteiger partial charge in [-0.15, -0.1) is 0 Å². The Balaban J connectivity index is 1.77. The first-order valence-corrected chi connectivity index (χ1v) is 7.95. The Hall–Kier alpha value is -1.51. The van der Waals surface area contributed by atoms with Crippen molar-refractivity contribution in [2.45, 2.75) is 17.7 Å². The van der Waals surface area contributed by atoms with Crippen molar-refractivity contribution in [1.29, 1.82) is 0 Å². The molecule has 112 valence electrons. The zero-order valence-corrected chi connectivity index (χ0v) is 12.5. The van der Waals surface area contributed by atoms with E-state index >= 15 is 0 Å². The van der Waals surface area contributed by atoms with Crippen LogP contribution < -0.4 is 0 Å². The Labute approximate surface area is 125 Å². The quantitative estimate of drug-likeness (QED) is 0.859. The highest BCUT2D eigenvalue weighted by molar-refractivity contribution is 7.89. The van der Waals surface area contributed by atoms with Crippen molar-refractivity contribution in [2.75, 3.05) is 13.1 Å². The molecule has 2 aromatic rings. The third-order valence-corrected chi connectivity index (χ3v) is 5.39. The SMILES string of the molecule is Cc1noc(C2CN(S(=O)(=O)c3ccc(F)c(Cl)c3)C2)n1. The van der Waals surface area contributed by atoms with Crippen LogP contribution in [-0.4, -0.2) is 36.0 Å². The summed E-state index contributed by atoms with van der Waals surface area (Å²) >= 11 is 5.62. The summed E-state index contributed by atoms with van der Waals surface area (Å²) in [6.07, 6.45) is 0. The van der Waals surface area contributed by atoms with E-state index < -0.39 is 15.8 Å². The topological polar surface area (TPSA) is 76.3 Å². The molecule has 1 aromatic heterocycles. The zero-order chi connectivity index (χ0) is 15.2. The maximum absolute atomic E-state index is 13.1. The third-order valence-electron chi connectivity index (χ3n) is 3.27. The normalized spacial score (nSPS) is 16.9. The molecule has 0 radical (unpaired) electrons. The monoisotopic (exact) mass is 331 g/mol. The van der Waals surface area contributed by atoms with E-state index in [9.17, 15) is 12.8 Å². The van der Waals surface area contributed by atoms with Crippen LogP contribution in [0.3, 0.4) is 0 Å². The van der Waals surface area contributed by atoms with Crippen LogP contribution in [0.5, 0.6) is 0 Å². The molecule has 2 heterocycles. The highest BCUT2D eigenvalue weighted by Crippen LogP contribution is 2.32. The van der Waals surface area contributed by atoms with Gasteiger partial charge < -0.3 is 4.52 Å². The molecule has 0 spiro atoms. The number of aromatic nitrogens is 2. The van der Waals surface area contributed by atoms with Crippen LogP contribution in [0.25, 0.3) is 0 Å². The van der Waals surface area contributed by atoms with Crippen LogP contribution in [0.2, 0.25) is 5.02 Å². The fourth-order valence-corrected chi connectivity index (χ4v) is 3.86. The molecular weight excluding hydrogens is 321 g/mol. The molecule has 1 fully saturated rings. The Morgan fingerprint density at radius 3 is 2.71 bits per heavy atom. The van der Waals surface area contributed by atoms with Gasteiger partial charge in [-0.2, -0.15) is 9.29 Å². The summed E-state index contributed by atoms with van der Waals surface area (Å²) in [5, 5.41) is 3.45. The number of hydrogen-bond acceptors (Lipinski definition) is 5. The average Bonchev–Trinajstić information content (AvgIpc) is 2.77. The summed E-state index contributed by atoms with van der Waals surface area (Å²) in [6.45, 7) is 2.19. The molecule has 6 nitrogen and oxygen atoms in total. The minimum Gasteiger partial charge on any atom is -0.339 e. The minimum atomic E-state index is -3.68. The lowest BCUT2D eigenvalue weighted by Gasteiger charge is -2.35. The van der Waals surface area contributed by atoms with Crippen LogP contribution >= 0.6 is 11.6 Å². The van der Waals surface area contributed by atoms with Gasteiger partial charge in [0.25, 0.3) is 0 Å². The lowest BCUT2D eigenvalue weighted by atomic mass is 10.0. The average molecular weight is 332 g/mol. The first-order valence-electron chi connectivity index (χ1n) is 6.13. The molecule has 1 aliphatic rings. The number of sulfonamides is 1. The summed E-state index contributed by atoms with van der Waals surface area (Å²) in [4.78, 5) is 4.04. The molecular formula is C12H11ClFN3O3S.